The number of rotatable bonds is 3. The first-order valence-electron chi connectivity index (χ1n) is 5.64. The molecule has 1 N–H and O–H groups in total. The third-order valence-electron chi connectivity index (χ3n) is 3.10. The second-order valence-corrected chi connectivity index (χ2v) is 4.94. The Morgan fingerprint density at radius 3 is 3.07 bits per heavy atom. The van der Waals surface area contributed by atoms with E-state index < -0.39 is 0 Å². The van der Waals surface area contributed by atoms with Crippen LogP contribution in [-0.2, 0) is 19.4 Å². The highest BCUT2D eigenvalue weighted by atomic mass is 79.9. The fourth-order valence-corrected chi connectivity index (χ4v) is 2.99. The quantitative estimate of drug-likeness (QED) is 0.912. The molecule has 0 saturated heterocycles. The van der Waals surface area contributed by atoms with E-state index in [0.29, 0.717) is 0 Å². The van der Waals surface area contributed by atoms with Crippen LogP contribution in [0.1, 0.15) is 24.9 Å². The van der Waals surface area contributed by atoms with Crippen molar-refractivity contribution in [1.82, 2.24) is 14.9 Å². The summed E-state index contributed by atoms with van der Waals surface area (Å²) >= 11 is 3.66. The van der Waals surface area contributed by atoms with Crippen molar-refractivity contribution in [3.05, 3.63) is 16.1 Å². The van der Waals surface area contributed by atoms with Crippen molar-refractivity contribution in [2.75, 3.05) is 13.6 Å². The van der Waals surface area contributed by atoms with Crippen LogP contribution in [0.2, 0.25) is 0 Å². The summed E-state index contributed by atoms with van der Waals surface area (Å²) in [5, 5.41) is 3.26. The predicted molar refractivity (Wildman–Crippen MR) is 65.0 cm³/mol. The number of aromatic nitrogens is 2. The van der Waals surface area contributed by atoms with Gasteiger partial charge in [-0.25, -0.2) is 4.98 Å². The number of nitrogens with zero attached hydrogens (tertiary/aromatic N) is 2. The lowest BCUT2D eigenvalue weighted by atomic mass is 10.00. The SMILES string of the molecule is CCc1nc2n(c1Br)CC(CNC)CC2. The van der Waals surface area contributed by atoms with E-state index >= 15 is 0 Å². The van der Waals surface area contributed by atoms with Gasteiger partial charge in [-0.1, -0.05) is 6.92 Å². The molecule has 0 bridgehead atoms. The molecule has 3 nitrogen and oxygen atoms in total. The van der Waals surface area contributed by atoms with E-state index in [0.717, 1.165) is 31.8 Å². The van der Waals surface area contributed by atoms with Crippen LogP contribution in [0, 0.1) is 5.92 Å². The zero-order valence-corrected chi connectivity index (χ0v) is 11.0. The van der Waals surface area contributed by atoms with E-state index in [2.05, 4.69) is 37.7 Å². The molecule has 1 aromatic rings. The van der Waals surface area contributed by atoms with Crippen molar-refractivity contribution in [1.29, 1.82) is 0 Å². The Morgan fingerprint density at radius 1 is 1.60 bits per heavy atom. The Bertz CT molecular complexity index is 346. The molecule has 0 spiro atoms. The molecule has 1 aliphatic heterocycles. The Kier molecular flexibility index (Phi) is 3.46. The lowest BCUT2D eigenvalue weighted by molar-refractivity contribution is 0.353. The van der Waals surface area contributed by atoms with Crippen LogP contribution in [-0.4, -0.2) is 23.1 Å². The number of halogens is 1. The van der Waals surface area contributed by atoms with Crippen LogP contribution in [0.25, 0.3) is 0 Å². The van der Waals surface area contributed by atoms with Gasteiger partial charge in [-0.2, -0.15) is 0 Å². The molecular weight excluding hydrogens is 254 g/mol. The first-order valence-corrected chi connectivity index (χ1v) is 6.44. The molecule has 1 unspecified atom stereocenters. The van der Waals surface area contributed by atoms with Gasteiger partial charge in [0.25, 0.3) is 0 Å². The fraction of sp³-hybridized carbons (Fsp3) is 0.727. The molecular formula is C11H18BrN3. The zero-order chi connectivity index (χ0) is 10.8. The first kappa shape index (κ1) is 11.1. The summed E-state index contributed by atoms with van der Waals surface area (Å²) in [6.45, 7) is 4.36. The molecule has 2 heterocycles. The van der Waals surface area contributed by atoms with Crippen molar-refractivity contribution in [3.63, 3.8) is 0 Å². The average molecular weight is 272 g/mol. The van der Waals surface area contributed by atoms with Gasteiger partial charge in [-0.3, -0.25) is 0 Å². The molecule has 15 heavy (non-hydrogen) atoms. The summed E-state index contributed by atoms with van der Waals surface area (Å²) < 4.78 is 3.53. The van der Waals surface area contributed by atoms with Crippen LogP contribution in [0.15, 0.2) is 4.60 Å². The van der Waals surface area contributed by atoms with Gasteiger partial charge < -0.3 is 9.88 Å². The van der Waals surface area contributed by atoms with E-state index in [4.69, 9.17) is 0 Å². The molecule has 0 radical (unpaired) electrons. The van der Waals surface area contributed by atoms with Gasteiger partial charge in [0.05, 0.1) is 5.69 Å². The molecule has 0 amide bonds. The lowest BCUT2D eigenvalue weighted by Gasteiger charge is -2.24. The number of fused-ring (bicyclic) bond motifs is 1. The molecule has 1 aliphatic rings. The van der Waals surface area contributed by atoms with Crippen LogP contribution in [0.5, 0.6) is 0 Å². The van der Waals surface area contributed by atoms with Crippen molar-refractivity contribution in [2.24, 2.45) is 5.92 Å². The maximum atomic E-state index is 4.66. The fourth-order valence-electron chi connectivity index (χ4n) is 2.27. The molecule has 0 aromatic carbocycles. The number of hydrogen-bond donors (Lipinski definition) is 1. The van der Waals surface area contributed by atoms with Gasteiger partial charge in [0, 0.05) is 13.0 Å². The summed E-state index contributed by atoms with van der Waals surface area (Å²) in [5.74, 6) is 2.00. The van der Waals surface area contributed by atoms with Crippen molar-refractivity contribution in [2.45, 2.75) is 32.7 Å². The minimum absolute atomic E-state index is 0.748. The largest absolute Gasteiger partial charge is 0.322 e. The minimum atomic E-state index is 0.748. The normalized spacial score (nSPS) is 20.3. The topological polar surface area (TPSA) is 29.9 Å². The molecule has 2 rings (SSSR count). The number of imidazole rings is 1. The van der Waals surface area contributed by atoms with Gasteiger partial charge in [0.15, 0.2) is 0 Å². The lowest BCUT2D eigenvalue weighted by Crippen LogP contribution is -2.28. The van der Waals surface area contributed by atoms with Crippen molar-refractivity contribution in [3.8, 4) is 0 Å². The molecule has 1 aromatic heterocycles. The maximum absolute atomic E-state index is 4.66. The standard InChI is InChI=1S/C11H18BrN3/c1-3-9-11(12)15-7-8(6-13-2)4-5-10(15)14-9/h8,13H,3-7H2,1-2H3. The summed E-state index contributed by atoms with van der Waals surface area (Å²) in [4.78, 5) is 4.66. The monoisotopic (exact) mass is 271 g/mol. The van der Waals surface area contributed by atoms with Crippen LogP contribution in [0.3, 0.4) is 0 Å². The Labute approximate surface area is 99.4 Å². The van der Waals surface area contributed by atoms with Crippen LogP contribution >= 0.6 is 15.9 Å². The van der Waals surface area contributed by atoms with Crippen molar-refractivity contribution >= 4 is 15.9 Å². The van der Waals surface area contributed by atoms with Crippen molar-refractivity contribution < 1.29 is 0 Å². The first-order chi connectivity index (χ1) is 7.26. The van der Waals surface area contributed by atoms with Gasteiger partial charge in [-0.15, -0.1) is 0 Å². The second-order valence-electron chi connectivity index (χ2n) is 4.19. The molecule has 84 valence electrons. The van der Waals surface area contributed by atoms with Crippen LogP contribution in [0.4, 0.5) is 0 Å². The maximum Gasteiger partial charge on any atom is 0.109 e. The van der Waals surface area contributed by atoms with E-state index in [1.54, 1.807) is 0 Å². The van der Waals surface area contributed by atoms with Gasteiger partial charge in [-0.05, 0) is 48.3 Å². The van der Waals surface area contributed by atoms with Crippen LogP contribution < -0.4 is 5.32 Å². The highest BCUT2D eigenvalue weighted by Gasteiger charge is 2.22. The Balaban J connectivity index is 2.21. The highest BCUT2D eigenvalue weighted by molar-refractivity contribution is 9.10. The third kappa shape index (κ3) is 2.11. The second kappa shape index (κ2) is 4.66. The number of aryl methyl sites for hydroxylation is 2. The third-order valence-corrected chi connectivity index (χ3v) is 3.98. The molecule has 0 aliphatic carbocycles. The number of nitrogens with one attached hydrogen (secondary N) is 1. The van der Waals surface area contributed by atoms with E-state index in [1.807, 2.05) is 7.05 Å². The molecule has 0 fully saturated rings. The Hall–Kier alpha value is -0.350. The minimum Gasteiger partial charge on any atom is -0.322 e. The zero-order valence-electron chi connectivity index (χ0n) is 9.39. The molecule has 0 saturated carbocycles. The van der Waals surface area contributed by atoms with Gasteiger partial charge >= 0.3 is 0 Å². The number of hydrogen-bond acceptors (Lipinski definition) is 2. The van der Waals surface area contributed by atoms with E-state index in [9.17, 15) is 0 Å². The summed E-state index contributed by atoms with van der Waals surface area (Å²) in [7, 11) is 2.02. The highest BCUT2D eigenvalue weighted by Crippen LogP contribution is 2.26. The van der Waals surface area contributed by atoms with E-state index in [1.165, 1.54) is 22.5 Å². The van der Waals surface area contributed by atoms with Gasteiger partial charge in [0.1, 0.15) is 10.4 Å². The Morgan fingerprint density at radius 2 is 2.40 bits per heavy atom. The average Bonchev–Trinajstić information content (AvgIpc) is 2.56. The summed E-state index contributed by atoms with van der Waals surface area (Å²) in [5.41, 5.74) is 1.20. The predicted octanol–water partition coefficient (Wildman–Crippen LogP) is 1.99. The van der Waals surface area contributed by atoms with Gasteiger partial charge in [0.2, 0.25) is 0 Å². The molecule has 4 heteroatoms. The summed E-state index contributed by atoms with van der Waals surface area (Å²) in [6, 6.07) is 0. The smallest absolute Gasteiger partial charge is 0.109 e. The molecule has 1 atom stereocenters. The summed E-state index contributed by atoms with van der Waals surface area (Å²) in [6.07, 6.45) is 3.38. The van der Waals surface area contributed by atoms with E-state index in [-0.39, 0.29) is 0 Å².